The number of hydrogen-bond acceptors (Lipinski definition) is 5. The van der Waals surface area contributed by atoms with Crippen LogP contribution in [0.4, 0.5) is 0 Å². The lowest BCUT2D eigenvalue weighted by atomic mass is 9.41. The molecule has 0 saturated heterocycles. The lowest BCUT2D eigenvalue weighted by molar-refractivity contribution is -0.167. The molecule has 0 aromatic heterocycles. The predicted octanol–water partition coefficient (Wildman–Crippen LogP) is 5.89. The lowest BCUT2D eigenvalue weighted by Crippen LogP contribution is -2.58. The van der Waals surface area contributed by atoms with Crippen LogP contribution in [-0.2, 0) is 19.1 Å². The zero-order valence-electron chi connectivity index (χ0n) is 21.9. The van der Waals surface area contributed by atoms with Crippen molar-refractivity contribution >= 4 is 17.5 Å². The highest BCUT2D eigenvalue weighted by atomic mass is 16.5. The summed E-state index contributed by atoms with van der Waals surface area (Å²) < 4.78 is 5.10. The van der Waals surface area contributed by atoms with Gasteiger partial charge in [-0.15, -0.1) is 0 Å². The number of aliphatic hydroxyl groups excluding tert-OH is 1. The number of fused-ring (bicyclic) bond motifs is 7. The van der Waals surface area contributed by atoms with E-state index in [0.29, 0.717) is 18.4 Å². The maximum atomic E-state index is 13.3. The van der Waals surface area contributed by atoms with Crippen molar-refractivity contribution in [2.75, 3.05) is 7.11 Å². The summed E-state index contributed by atoms with van der Waals surface area (Å²) in [5.41, 5.74) is 4.58. The van der Waals surface area contributed by atoms with Crippen LogP contribution < -0.4 is 0 Å². The van der Waals surface area contributed by atoms with Crippen molar-refractivity contribution in [3.63, 3.8) is 0 Å². The number of Topliss-reactive ketones (excluding diaryl/α,β-unsaturated/α-hetero) is 1. The first-order valence-electron chi connectivity index (χ1n) is 12.6. The van der Waals surface area contributed by atoms with E-state index in [9.17, 15) is 19.5 Å². The maximum absolute atomic E-state index is 13.3. The third kappa shape index (κ3) is 2.90. The highest BCUT2D eigenvalue weighted by Gasteiger charge is 2.63. The number of hydrogen-bond donors (Lipinski definition) is 1. The Morgan fingerprint density at radius 3 is 2.37 bits per heavy atom. The van der Waals surface area contributed by atoms with Crippen molar-refractivity contribution in [2.45, 2.75) is 73.6 Å². The summed E-state index contributed by atoms with van der Waals surface area (Å²) in [4.78, 5) is 38.7. The normalized spacial score (nSPS) is 40.7. The number of ketones is 2. The molecule has 0 amide bonds. The first-order chi connectivity index (χ1) is 16.2. The van der Waals surface area contributed by atoms with Crippen molar-refractivity contribution in [1.29, 1.82) is 0 Å². The standard InChI is InChI=1S/C30H36O5/c1-16-13-27(3)15-23(32)30(6,26(34)35-7)14-22(27)29(5)11-10-28(4)19(24(16)29)9-8-18-17(2)25(33)21(31)12-20(18)28/h8-9,12,22,33H,10-11,13-15H2,1-7H3/t22-,27-,28-,29+,30+/m1/s1. The molecule has 5 nitrogen and oxygen atoms in total. The number of rotatable bonds is 1. The molecular formula is C30H36O5. The van der Waals surface area contributed by atoms with Crippen molar-refractivity contribution in [1.82, 2.24) is 0 Å². The summed E-state index contributed by atoms with van der Waals surface area (Å²) in [5, 5.41) is 10.3. The molecule has 0 spiro atoms. The van der Waals surface area contributed by atoms with Gasteiger partial charge < -0.3 is 9.84 Å². The van der Waals surface area contributed by atoms with Crippen LogP contribution in [0, 0.1) is 27.6 Å². The molecule has 2 saturated carbocycles. The number of allylic oxidation sites excluding steroid dienone is 9. The van der Waals surface area contributed by atoms with Crippen molar-refractivity contribution in [3.8, 4) is 0 Å². The molecule has 0 aromatic rings. The lowest BCUT2D eigenvalue weighted by Gasteiger charge is -2.62. The minimum Gasteiger partial charge on any atom is -0.504 e. The minimum absolute atomic E-state index is 0.0130. The van der Waals surface area contributed by atoms with E-state index in [0.717, 1.165) is 30.4 Å². The van der Waals surface area contributed by atoms with Crippen molar-refractivity contribution in [2.24, 2.45) is 27.6 Å². The Balaban J connectivity index is 1.68. The molecule has 35 heavy (non-hydrogen) atoms. The molecule has 0 heterocycles. The smallest absolute Gasteiger partial charge is 0.319 e. The molecule has 0 radical (unpaired) electrons. The maximum Gasteiger partial charge on any atom is 0.319 e. The Bertz CT molecular complexity index is 1260. The molecule has 5 atom stereocenters. The molecule has 5 aliphatic carbocycles. The largest absolute Gasteiger partial charge is 0.504 e. The van der Waals surface area contributed by atoms with Gasteiger partial charge in [0, 0.05) is 17.4 Å². The van der Waals surface area contributed by atoms with Crippen molar-refractivity contribution < 1.29 is 24.2 Å². The zero-order valence-corrected chi connectivity index (χ0v) is 21.9. The van der Waals surface area contributed by atoms with Gasteiger partial charge in [0.15, 0.2) is 5.76 Å². The van der Waals surface area contributed by atoms with E-state index in [1.165, 1.54) is 23.8 Å². The van der Waals surface area contributed by atoms with E-state index in [1.807, 2.05) is 13.0 Å². The molecule has 0 aliphatic heterocycles. The fraction of sp³-hybridized carbons (Fsp3) is 0.567. The number of aliphatic hydroxyl groups is 1. The van der Waals surface area contributed by atoms with Crippen LogP contribution in [0.5, 0.6) is 0 Å². The number of carbonyl (C=O) groups excluding carboxylic acids is 3. The highest BCUT2D eigenvalue weighted by molar-refractivity contribution is 6.07. The van der Waals surface area contributed by atoms with E-state index in [4.69, 9.17) is 4.74 Å². The SMILES string of the molecule is COC(=O)[C@@]1(C)C[C@@H]2[C@@](C)(CC1=O)CC(C)=C1C3=CC=C4C(=CC(=O)C(O)=C4C)[C@]3(C)CC[C@]12C. The molecule has 186 valence electrons. The summed E-state index contributed by atoms with van der Waals surface area (Å²) in [6.45, 7) is 12.5. The fourth-order valence-electron chi connectivity index (χ4n) is 8.35. The van der Waals surface area contributed by atoms with E-state index < -0.39 is 11.4 Å². The van der Waals surface area contributed by atoms with Gasteiger partial charge in [-0.1, -0.05) is 38.5 Å². The molecule has 0 bridgehead atoms. The Morgan fingerprint density at radius 1 is 1.03 bits per heavy atom. The molecule has 0 unspecified atom stereocenters. The van der Waals surface area contributed by atoms with Crippen LogP contribution in [0.1, 0.15) is 73.6 Å². The molecule has 0 aromatic carbocycles. The number of ether oxygens (including phenoxy) is 1. The summed E-state index contributed by atoms with van der Waals surface area (Å²) in [5.74, 6) is -0.787. The fourth-order valence-corrected chi connectivity index (χ4v) is 8.35. The monoisotopic (exact) mass is 476 g/mol. The zero-order chi connectivity index (χ0) is 25.7. The molecule has 1 N–H and O–H groups in total. The van der Waals surface area contributed by atoms with Crippen molar-refractivity contribution in [3.05, 3.63) is 57.4 Å². The van der Waals surface area contributed by atoms with E-state index in [-0.39, 0.29) is 39.5 Å². The molecular weight excluding hydrogens is 440 g/mol. The molecule has 2 fully saturated rings. The van der Waals surface area contributed by atoms with Gasteiger partial charge >= 0.3 is 5.97 Å². The number of methoxy groups -OCH3 is 1. The summed E-state index contributed by atoms with van der Waals surface area (Å²) in [6.07, 6.45) is 9.29. The van der Waals surface area contributed by atoms with Gasteiger partial charge in [-0.2, -0.15) is 0 Å². The quantitative estimate of drug-likeness (QED) is 0.377. The Kier molecular flexibility index (Phi) is 4.93. The second-order valence-electron chi connectivity index (χ2n) is 12.5. The Labute approximate surface area is 207 Å². The third-order valence-corrected chi connectivity index (χ3v) is 10.3. The predicted molar refractivity (Wildman–Crippen MR) is 133 cm³/mol. The third-order valence-electron chi connectivity index (χ3n) is 10.3. The first kappa shape index (κ1) is 24.0. The summed E-state index contributed by atoms with van der Waals surface area (Å²) in [7, 11) is 1.36. The minimum atomic E-state index is -1.12. The molecule has 5 rings (SSSR count). The average molecular weight is 477 g/mol. The second kappa shape index (κ2) is 7.18. The van der Waals surface area contributed by atoms with Gasteiger partial charge in [0.1, 0.15) is 11.2 Å². The average Bonchev–Trinajstić information content (AvgIpc) is 2.79. The van der Waals surface area contributed by atoms with E-state index in [1.54, 1.807) is 13.0 Å². The van der Waals surface area contributed by atoms with Gasteiger partial charge in [0.25, 0.3) is 0 Å². The van der Waals surface area contributed by atoms with Crippen LogP contribution in [0.2, 0.25) is 0 Å². The van der Waals surface area contributed by atoms with Gasteiger partial charge in [0.05, 0.1) is 7.11 Å². The van der Waals surface area contributed by atoms with Gasteiger partial charge in [-0.05, 0) is 91.6 Å². The van der Waals surface area contributed by atoms with Crippen LogP contribution in [-0.4, -0.2) is 29.8 Å². The summed E-state index contributed by atoms with van der Waals surface area (Å²) >= 11 is 0. The second-order valence-corrected chi connectivity index (χ2v) is 12.5. The highest BCUT2D eigenvalue weighted by Crippen LogP contribution is 2.70. The van der Waals surface area contributed by atoms with E-state index >= 15 is 0 Å². The van der Waals surface area contributed by atoms with Gasteiger partial charge in [-0.3, -0.25) is 14.4 Å². The first-order valence-corrected chi connectivity index (χ1v) is 12.6. The van der Waals surface area contributed by atoms with Gasteiger partial charge in [0.2, 0.25) is 5.78 Å². The van der Waals surface area contributed by atoms with Crippen LogP contribution >= 0.6 is 0 Å². The van der Waals surface area contributed by atoms with Gasteiger partial charge in [-0.25, -0.2) is 0 Å². The number of carbonyl (C=O) groups is 3. The van der Waals surface area contributed by atoms with Crippen LogP contribution in [0.15, 0.2) is 57.4 Å². The molecule has 5 aliphatic rings. The van der Waals surface area contributed by atoms with E-state index in [2.05, 4.69) is 33.8 Å². The number of esters is 1. The topological polar surface area (TPSA) is 80.7 Å². The Morgan fingerprint density at radius 2 is 1.71 bits per heavy atom. The summed E-state index contributed by atoms with van der Waals surface area (Å²) in [6, 6.07) is 0. The van der Waals surface area contributed by atoms with Crippen LogP contribution in [0.25, 0.3) is 0 Å². The van der Waals surface area contributed by atoms with Crippen LogP contribution in [0.3, 0.4) is 0 Å². The Hall–Kier alpha value is -2.69. The molecule has 5 heteroatoms.